The van der Waals surface area contributed by atoms with Crippen molar-refractivity contribution in [2.24, 2.45) is 5.73 Å². The summed E-state index contributed by atoms with van der Waals surface area (Å²) in [6.07, 6.45) is 9.57. The minimum atomic E-state index is -3.04. The summed E-state index contributed by atoms with van der Waals surface area (Å²) >= 11 is 0. The quantitative estimate of drug-likeness (QED) is 0.152. The summed E-state index contributed by atoms with van der Waals surface area (Å²) in [6.45, 7) is 9.57. The van der Waals surface area contributed by atoms with Crippen molar-refractivity contribution in [3.8, 4) is 0 Å². The maximum absolute atomic E-state index is 10.9. The first kappa shape index (κ1) is 58.4. The summed E-state index contributed by atoms with van der Waals surface area (Å²) < 4.78 is 79.1. The first-order valence-electron chi connectivity index (χ1n) is 11.0. The Kier molecular flexibility index (Phi) is 61.3. The van der Waals surface area contributed by atoms with Crippen molar-refractivity contribution in [2.45, 2.75) is 40.0 Å². The number of nitrogens with two attached hydrogens (primary N) is 1. The van der Waals surface area contributed by atoms with E-state index in [0.29, 0.717) is 19.7 Å². The van der Waals surface area contributed by atoms with E-state index in [1.165, 1.54) is 31.1 Å². The number of aliphatic hydroxyl groups excluding tert-OH is 1. The summed E-state index contributed by atoms with van der Waals surface area (Å²) in [7, 11) is -8.99. The molecule has 3 N–H and O–H groups in total. The molecular formula is C20H50Cl2LiNO9P2S3. The topological polar surface area (TPSA) is 183 Å². The van der Waals surface area contributed by atoms with Crippen molar-refractivity contribution in [2.75, 3.05) is 57.4 Å². The van der Waals surface area contributed by atoms with Crippen LogP contribution in [0.2, 0.25) is 0 Å². The van der Waals surface area contributed by atoms with Crippen LogP contribution in [0.25, 0.3) is 0 Å². The van der Waals surface area contributed by atoms with Crippen LogP contribution in [0.5, 0.6) is 0 Å². The van der Waals surface area contributed by atoms with E-state index in [-0.39, 0.29) is 55.7 Å². The average molecular weight is 686 g/mol. The molecule has 1 unspecified atom stereocenters. The minimum absolute atomic E-state index is 0. The van der Waals surface area contributed by atoms with E-state index in [9.17, 15) is 34.6 Å². The molecule has 18 heteroatoms. The summed E-state index contributed by atoms with van der Waals surface area (Å²) in [5, 5.41) is 10.2. The number of aldehydes is 1. The molecule has 0 aromatic rings. The molecule has 0 heterocycles. The van der Waals surface area contributed by atoms with E-state index >= 15 is 0 Å². The molecule has 0 aliphatic rings. The van der Waals surface area contributed by atoms with Crippen LogP contribution in [0.4, 0.5) is 0 Å². The fourth-order valence-corrected chi connectivity index (χ4v) is 6.59. The molecule has 0 rings (SSSR count). The van der Waals surface area contributed by atoms with Gasteiger partial charge in [0, 0.05) is 50.5 Å². The number of carbonyl (C=O) groups is 1. The second kappa shape index (κ2) is 39.9. The second-order valence-corrected chi connectivity index (χ2v) is 16.9. The SMILES string of the molecule is CC/C=C/S(C)(=O)=O.CCC=O.CCCO.CP(C)(=O)CS(C)(=O)=O.CS(=O)(=O)/C=C/CN.Cl.[2H]CP.[Cl-].[Li+]. The monoisotopic (exact) mass is 684 g/mol. The maximum atomic E-state index is 10.9. The second-order valence-electron chi connectivity index (χ2n) is 6.97. The van der Waals surface area contributed by atoms with Crippen LogP contribution < -0.4 is 37.0 Å². The van der Waals surface area contributed by atoms with E-state index in [1.807, 2.05) is 20.8 Å². The van der Waals surface area contributed by atoms with Crippen LogP contribution in [-0.4, -0.2) is 94.0 Å². The normalized spacial score (nSPS) is 10.6. The van der Waals surface area contributed by atoms with Gasteiger partial charge in [-0.3, -0.25) is 0 Å². The zero-order valence-corrected chi connectivity index (χ0v) is 30.2. The minimum Gasteiger partial charge on any atom is -1.00 e. The number of aliphatic hydroxyl groups is 1. The van der Waals surface area contributed by atoms with E-state index in [2.05, 4.69) is 9.24 Å². The van der Waals surface area contributed by atoms with Crippen LogP contribution in [0, 0.1) is 0 Å². The van der Waals surface area contributed by atoms with Gasteiger partial charge in [0.1, 0.15) is 11.8 Å². The van der Waals surface area contributed by atoms with Gasteiger partial charge >= 0.3 is 18.9 Å². The molecule has 0 aromatic carbocycles. The standard InChI is InChI=1S/C5H10O2S.C4H9NO2S.C4H11O3PS.C3H8O.C3H6O.CH5P.2ClH.Li/c1-3-4-5-8(2,6)7;1-8(6,7)4-2-3-5;1-8(2,5)4-9(3,6)7;2*1-2-3-4;1-2;;;/h4-5H,3H2,1-2H3;2,4H,3,5H2,1H3;4H2,1-3H3;4H,2-3H2,1H3;3H,2H2,1H3;2H2,1H3;2*1H;/q;;;;;;;;+1/p-1/b5-4+;4-2+;;;;;;;/i;;;;;1D;;;. The predicted molar refractivity (Wildman–Crippen MR) is 163 cm³/mol. The molecule has 38 heavy (non-hydrogen) atoms. The Balaban J connectivity index is -0.0000000405. The van der Waals surface area contributed by atoms with Crippen LogP contribution >= 0.6 is 28.8 Å². The molecule has 0 aliphatic carbocycles. The zero-order valence-electron chi connectivity index (χ0n) is 25.2. The Bertz CT molecular complexity index is 873. The molecule has 0 saturated carbocycles. The third-order valence-electron chi connectivity index (χ3n) is 1.99. The molecule has 0 radical (unpaired) electrons. The fraction of sp³-hybridized carbons (Fsp3) is 0.750. The molecule has 0 saturated heterocycles. The Morgan fingerprint density at radius 3 is 1.26 bits per heavy atom. The molecule has 1 atom stereocenters. The fourth-order valence-electron chi connectivity index (χ4n) is 1.07. The molecule has 0 fully saturated rings. The van der Waals surface area contributed by atoms with Crippen LogP contribution in [0.3, 0.4) is 0 Å². The Morgan fingerprint density at radius 2 is 1.21 bits per heavy atom. The van der Waals surface area contributed by atoms with E-state index in [0.717, 1.165) is 37.0 Å². The number of rotatable bonds is 8. The number of hydrogen-bond acceptors (Lipinski definition) is 10. The molecule has 0 spiro atoms. The first-order chi connectivity index (χ1) is 16.1. The van der Waals surface area contributed by atoms with Gasteiger partial charge in [-0.2, -0.15) is 0 Å². The van der Waals surface area contributed by atoms with Crippen molar-refractivity contribution in [3.63, 3.8) is 0 Å². The van der Waals surface area contributed by atoms with Gasteiger partial charge in [-0.1, -0.05) is 39.6 Å². The van der Waals surface area contributed by atoms with Crippen molar-refractivity contribution >= 4 is 64.6 Å². The van der Waals surface area contributed by atoms with E-state index < -0.39 is 36.7 Å². The summed E-state index contributed by atoms with van der Waals surface area (Å²) in [6, 6.07) is 0. The average Bonchev–Trinajstić information content (AvgIpc) is 2.69. The summed E-state index contributed by atoms with van der Waals surface area (Å²) in [5.74, 6) is 0. The van der Waals surface area contributed by atoms with Crippen molar-refractivity contribution in [1.82, 2.24) is 0 Å². The van der Waals surface area contributed by atoms with E-state index in [1.54, 1.807) is 6.08 Å². The zero-order chi connectivity index (χ0) is 30.5. The summed E-state index contributed by atoms with van der Waals surface area (Å²) in [4.78, 5) is 9.17. The van der Waals surface area contributed by atoms with Gasteiger partial charge in [0.2, 0.25) is 0 Å². The van der Waals surface area contributed by atoms with Gasteiger partial charge in [-0.25, -0.2) is 25.3 Å². The van der Waals surface area contributed by atoms with E-state index in [4.69, 9.17) is 12.2 Å². The molecular weight excluding hydrogens is 634 g/mol. The van der Waals surface area contributed by atoms with Crippen molar-refractivity contribution in [1.29, 1.82) is 0 Å². The molecule has 0 aromatic heterocycles. The van der Waals surface area contributed by atoms with Gasteiger partial charge in [0.25, 0.3) is 0 Å². The van der Waals surface area contributed by atoms with Gasteiger partial charge in [0.05, 0.1) is 7.14 Å². The Morgan fingerprint density at radius 1 is 0.921 bits per heavy atom. The number of carbonyl (C=O) groups excluding carboxylic acids is 1. The largest absolute Gasteiger partial charge is 1.00 e. The van der Waals surface area contributed by atoms with Crippen molar-refractivity contribution < 1.29 is 72.4 Å². The molecule has 0 bridgehead atoms. The number of allylic oxidation sites excluding steroid dienone is 1. The van der Waals surface area contributed by atoms with Gasteiger partial charge < -0.3 is 32.6 Å². The molecule has 0 amide bonds. The molecule has 10 nitrogen and oxygen atoms in total. The third kappa shape index (κ3) is 134. The Hall–Kier alpha value is 0.757. The smallest absolute Gasteiger partial charge is 1.00 e. The molecule has 0 aliphatic heterocycles. The first-order valence-corrected chi connectivity index (χ1v) is 19.8. The molecule has 232 valence electrons. The van der Waals surface area contributed by atoms with Crippen LogP contribution in [0.1, 0.15) is 41.4 Å². The van der Waals surface area contributed by atoms with Crippen LogP contribution in [0.15, 0.2) is 23.0 Å². The number of halogens is 2. The number of sulfone groups is 3. The van der Waals surface area contributed by atoms with Crippen LogP contribution in [-0.2, 0) is 38.9 Å². The predicted octanol–water partition coefficient (Wildman–Crippen LogP) is -3.03. The Labute approximate surface area is 261 Å². The summed E-state index contributed by atoms with van der Waals surface area (Å²) in [5.41, 5.74) is 4.80. The number of hydrogen-bond donors (Lipinski definition) is 2. The van der Waals surface area contributed by atoms with Gasteiger partial charge in [0.15, 0.2) is 29.5 Å². The third-order valence-corrected chi connectivity index (χ3v) is 7.73. The van der Waals surface area contributed by atoms with Crippen molar-refractivity contribution in [3.05, 3.63) is 23.0 Å². The van der Waals surface area contributed by atoms with Gasteiger partial charge in [-0.05, 0) is 26.2 Å². The maximum Gasteiger partial charge on any atom is 1.00 e. The van der Waals surface area contributed by atoms with Gasteiger partial charge in [-0.15, -0.1) is 21.6 Å².